The molecule has 0 aliphatic carbocycles. The molecule has 14 heavy (non-hydrogen) atoms. The van der Waals surface area contributed by atoms with Crippen LogP contribution in [0.3, 0.4) is 0 Å². The molecule has 0 bridgehead atoms. The average Bonchev–Trinajstić information content (AvgIpc) is 2.21. The van der Waals surface area contributed by atoms with Crippen molar-refractivity contribution in [1.82, 2.24) is 5.32 Å². The predicted octanol–water partition coefficient (Wildman–Crippen LogP) is 2.56. The topological polar surface area (TPSA) is 32.3 Å². The molecule has 0 spiro atoms. The van der Waals surface area contributed by atoms with E-state index in [4.69, 9.17) is 5.11 Å². The van der Waals surface area contributed by atoms with Gasteiger partial charge in [0.1, 0.15) is 0 Å². The molecule has 0 aromatic rings. The van der Waals surface area contributed by atoms with E-state index < -0.39 is 0 Å². The first-order valence-corrected chi connectivity index (χ1v) is 6.08. The summed E-state index contributed by atoms with van der Waals surface area (Å²) in [4.78, 5) is 0. The molecule has 2 nitrogen and oxygen atoms in total. The standard InChI is InChI=1S/C12H27NO/c1-4-6-8-12(7-5-2)13-9-11(3)10-14/h11-14H,4-10H2,1-3H3. The summed E-state index contributed by atoms with van der Waals surface area (Å²) >= 11 is 0. The maximum atomic E-state index is 8.91. The normalized spacial score (nSPS) is 15.4. The van der Waals surface area contributed by atoms with Crippen LogP contribution >= 0.6 is 0 Å². The van der Waals surface area contributed by atoms with Crippen molar-refractivity contribution in [3.8, 4) is 0 Å². The van der Waals surface area contributed by atoms with E-state index in [1.807, 2.05) is 0 Å². The van der Waals surface area contributed by atoms with E-state index in [0.717, 1.165) is 6.54 Å². The molecule has 2 N–H and O–H groups in total. The first-order chi connectivity index (χ1) is 6.74. The largest absolute Gasteiger partial charge is 0.396 e. The predicted molar refractivity (Wildman–Crippen MR) is 62.5 cm³/mol. The van der Waals surface area contributed by atoms with Crippen molar-refractivity contribution in [3.63, 3.8) is 0 Å². The minimum atomic E-state index is 0.291. The van der Waals surface area contributed by atoms with Crippen LogP contribution in [0.5, 0.6) is 0 Å². The molecular weight excluding hydrogens is 174 g/mol. The van der Waals surface area contributed by atoms with Crippen LogP contribution < -0.4 is 5.32 Å². The maximum absolute atomic E-state index is 8.91. The van der Waals surface area contributed by atoms with Crippen molar-refractivity contribution in [3.05, 3.63) is 0 Å². The lowest BCUT2D eigenvalue weighted by molar-refractivity contribution is 0.228. The van der Waals surface area contributed by atoms with Crippen LogP contribution in [0.25, 0.3) is 0 Å². The van der Waals surface area contributed by atoms with Crippen molar-refractivity contribution in [2.24, 2.45) is 5.92 Å². The fourth-order valence-corrected chi connectivity index (χ4v) is 1.58. The molecule has 86 valence electrons. The molecule has 0 aromatic heterocycles. The molecule has 0 rings (SSSR count). The van der Waals surface area contributed by atoms with Gasteiger partial charge in [0.2, 0.25) is 0 Å². The molecule has 0 aliphatic heterocycles. The van der Waals surface area contributed by atoms with Gasteiger partial charge in [0.05, 0.1) is 0 Å². The highest BCUT2D eigenvalue weighted by atomic mass is 16.3. The second kappa shape index (κ2) is 9.47. The van der Waals surface area contributed by atoms with Gasteiger partial charge < -0.3 is 10.4 Å². The van der Waals surface area contributed by atoms with Crippen LogP contribution in [0, 0.1) is 5.92 Å². The lowest BCUT2D eigenvalue weighted by Crippen LogP contribution is -2.33. The number of unbranched alkanes of at least 4 members (excludes halogenated alkanes) is 1. The quantitative estimate of drug-likeness (QED) is 0.601. The number of hydrogen-bond donors (Lipinski definition) is 2. The smallest absolute Gasteiger partial charge is 0.0468 e. The molecule has 0 radical (unpaired) electrons. The number of nitrogens with one attached hydrogen (secondary N) is 1. The molecule has 0 aliphatic rings. The van der Waals surface area contributed by atoms with Crippen molar-refractivity contribution < 1.29 is 5.11 Å². The summed E-state index contributed by atoms with van der Waals surface area (Å²) in [5.74, 6) is 0.385. The van der Waals surface area contributed by atoms with Gasteiger partial charge >= 0.3 is 0 Å². The monoisotopic (exact) mass is 201 g/mol. The summed E-state index contributed by atoms with van der Waals surface area (Å²) in [6, 6.07) is 0.661. The molecule has 0 heterocycles. The van der Waals surface area contributed by atoms with E-state index >= 15 is 0 Å². The summed E-state index contributed by atoms with van der Waals surface area (Å²) in [5, 5.41) is 12.5. The molecule has 0 saturated heterocycles. The number of hydrogen-bond acceptors (Lipinski definition) is 2. The van der Waals surface area contributed by atoms with Gasteiger partial charge in [-0.3, -0.25) is 0 Å². The third-order valence-electron chi connectivity index (χ3n) is 2.61. The average molecular weight is 201 g/mol. The Morgan fingerprint density at radius 3 is 2.36 bits per heavy atom. The van der Waals surface area contributed by atoms with Crippen molar-refractivity contribution >= 4 is 0 Å². The fourth-order valence-electron chi connectivity index (χ4n) is 1.58. The number of aliphatic hydroxyl groups excluding tert-OH is 1. The van der Waals surface area contributed by atoms with Gasteiger partial charge in [-0.05, 0) is 18.8 Å². The van der Waals surface area contributed by atoms with E-state index in [-0.39, 0.29) is 0 Å². The van der Waals surface area contributed by atoms with E-state index in [9.17, 15) is 0 Å². The second-order valence-corrected chi connectivity index (χ2v) is 4.32. The molecule has 0 fully saturated rings. The summed E-state index contributed by atoms with van der Waals surface area (Å²) in [5.41, 5.74) is 0. The van der Waals surface area contributed by atoms with Crippen LogP contribution in [-0.2, 0) is 0 Å². The maximum Gasteiger partial charge on any atom is 0.0468 e. The number of rotatable bonds is 9. The van der Waals surface area contributed by atoms with E-state index in [2.05, 4.69) is 26.1 Å². The van der Waals surface area contributed by atoms with Crippen molar-refractivity contribution in [2.45, 2.75) is 58.9 Å². The lowest BCUT2D eigenvalue weighted by Gasteiger charge is -2.19. The summed E-state index contributed by atoms with van der Waals surface area (Å²) < 4.78 is 0. The Morgan fingerprint density at radius 1 is 1.14 bits per heavy atom. The van der Waals surface area contributed by atoms with Crippen LogP contribution in [0.1, 0.15) is 52.9 Å². The highest BCUT2D eigenvalue weighted by Gasteiger charge is 2.07. The van der Waals surface area contributed by atoms with Gasteiger partial charge in [0, 0.05) is 19.2 Å². The zero-order valence-electron chi connectivity index (χ0n) is 10.1. The van der Waals surface area contributed by atoms with E-state index in [0.29, 0.717) is 18.6 Å². The summed E-state index contributed by atoms with van der Waals surface area (Å²) in [6.07, 6.45) is 6.37. The molecule has 2 unspecified atom stereocenters. The minimum absolute atomic E-state index is 0.291. The second-order valence-electron chi connectivity index (χ2n) is 4.32. The Kier molecular flexibility index (Phi) is 9.42. The fraction of sp³-hybridized carbons (Fsp3) is 1.00. The Labute approximate surface area is 89.1 Å². The SMILES string of the molecule is CCCCC(CCC)NCC(C)CO. The summed E-state index contributed by atoms with van der Waals surface area (Å²) in [7, 11) is 0. The zero-order valence-corrected chi connectivity index (χ0v) is 10.1. The zero-order chi connectivity index (χ0) is 10.8. The van der Waals surface area contributed by atoms with Crippen molar-refractivity contribution in [2.75, 3.05) is 13.2 Å². The van der Waals surface area contributed by atoms with Gasteiger partial charge in [-0.1, -0.05) is 40.0 Å². The first-order valence-electron chi connectivity index (χ1n) is 6.08. The number of aliphatic hydroxyl groups is 1. The molecule has 2 heteroatoms. The van der Waals surface area contributed by atoms with Gasteiger partial charge in [-0.25, -0.2) is 0 Å². The Hall–Kier alpha value is -0.0800. The summed E-state index contributed by atoms with van der Waals surface area (Å²) in [6.45, 7) is 7.79. The van der Waals surface area contributed by atoms with Crippen LogP contribution in [0.2, 0.25) is 0 Å². The minimum Gasteiger partial charge on any atom is -0.396 e. The first kappa shape index (κ1) is 13.9. The Morgan fingerprint density at radius 2 is 1.86 bits per heavy atom. The van der Waals surface area contributed by atoms with Gasteiger partial charge in [-0.2, -0.15) is 0 Å². The van der Waals surface area contributed by atoms with Crippen LogP contribution in [-0.4, -0.2) is 24.3 Å². The van der Waals surface area contributed by atoms with Crippen LogP contribution in [0.4, 0.5) is 0 Å². The van der Waals surface area contributed by atoms with Crippen molar-refractivity contribution in [1.29, 1.82) is 0 Å². The van der Waals surface area contributed by atoms with Gasteiger partial charge in [0.15, 0.2) is 0 Å². The molecule has 0 aromatic carbocycles. The molecular formula is C12H27NO. The highest BCUT2D eigenvalue weighted by molar-refractivity contribution is 4.67. The van der Waals surface area contributed by atoms with Gasteiger partial charge in [-0.15, -0.1) is 0 Å². The highest BCUT2D eigenvalue weighted by Crippen LogP contribution is 2.07. The van der Waals surface area contributed by atoms with E-state index in [1.54, 1.807) is 0 Å². The van der Waals surface area contributed by atoms with E-state index in [1.165, 1.54) is 32.1 Å². The molecule has 0 amide bonds. The van der Waals surface area contributed by atoms with Crippen LogP contribution in [0.15, 0.2) is 0 Å². The molecule has 0 saturated carbocycles. The van der Waals surface area contributed by atoms with Gasteiger partial charge in [0.25, 0.3) is 0 Å². The Balaban J connectivity index is 3.60. The molecule has 2 atom stereocenters. The third kappa shape index (κ3) is 7.34. The third-order valence-corrected chi connectivity index (χ3v) is 2.61. The Bertz CT molecular complexity index is 117. The lowest BCUT2D eigenvalue weighted by atomic mass is 10.0.